The zero-order chi connectivity index (χ0) is 20.2. The molecule has 0 spiro atoms. The Balaban J connectivity index is 1.35. The summed E-state index contributed by atoms with van der Waals surface area (Å²) in [5.41, 5.74) is 8.59. The molecule has 0 saturated carbocycles. The number of hydrogen-bond acceptors (Lipinski definition) is 2. The third-order valence-corrected chi connectivity index (χ3v) is 5.62. The van der Waals surface area contributed by atoms with Gasteiger partial charge in [0.1, 0.15) is 0 Å². The number of nitrogens with zero attached hydrogens (tertiary/aromatic N) is 2. The van der Waals surface area contributed by atoms with Crippen molar-refractivity contribution in [3.8, 4) is 22.3 Å². The van der Waals surface area contributed by atoms with E-state index in [0.29, 0.717) is 5.92 Å². The maximum Gasteiger partial charge on any atom is 0.0346 e. The zero-order valence-corrected chi connectivity index (χ0v) is 16.6. The minimum atomic E-state index is 0.403. The number of hydrogen-bond donors (Lipinski definition) is 0. The molecule has 2 heteroatoms. The first kappa shape index (κ1) is 18.3. The van der Waals surface area contributed by atoms with Crippen molar-refractivity contribution in [1.82, 2.24) is 9.97 Å². The van der Waals surface area contributed by atoms with Gasteiger partial charge in [0.15, 0.2) is 0 Å². The van der Waals surface area contributed by atoms with E-state index in [-0.39, 0.29) is 0 Å². The van der Waals surface area contributed by atoms with Crippen LogP contribution >= 0.6 is 0 Å². The maximum atomic E-state index is 4.23. The second kappa shape index (κ2) is 8.30. The van der Waals surface area contributed by atoms with Gasteiger partial charge < -0.3 is 0 Å². The molecule has 0 N–H and O–H groups in total. The number of rotatable bonds is 4. The average Bonchev–Trinajstić information content (AvgIpc) is 2.85. The third-order valence-electron chi connectivity index (χ3n) is 5.62. The van der Waals surface area contributed by atoms with Crippen LogP contribution in [0, 0.1) is 0 Å². The summed E-state index contributed by atoms with van der Waals surface area (Å²) >= 11 is 0. The van der Waals surface area contributed by atoms with E-state index in [0.717, 1.165) is 12.0 Å². The predicted molar refractivity (Wildman–Crippen MR) is 124 cm³/mol. The lowest BCUT2D eigenvalue weighted by atomic mass is 9.87. The van der Waals surface area contributed by atoms with Gasteiger partial charge in [0, 0.05) is 30.7 Å². The zero-order valence-electron chi connectivity index (χ0n) is 16.6. The van der Waals surface area contributed by atoms with Crippen LogP contribution in [0.15, 0.2) is 116 Å². The Morgan fingerprint density at radius 2 is 1.30 bits per heavy atom. The van der Waals surface area contributed by atoms with Crippen LogP contribution in [0.5, 0.6) is 0 Å². The number of allylic oxidation sites excluding steroid dienone is 4. The van der Waals surface area contributed by atoms with Gasteiger partial charge in [-0.1, -0.05) is 78.9 Å². The first-order valence-corrected chi connectivity index (χ1v) is 10.3. The highest BCUT2D eigenvalue weighted by Crippen LogP contribution is 2.33. The Labute approximate surface area is 177 Å². The second-order valence-corrected chi connectivity index (χ2v) is 7.55. The van der Waals surface area contributed by atoms with Gasteiger partial charge in [-0.3, -0.25) is 9.97 Å². The quantitative estimate of drug-likeness (QED) is 0.380. The molecule has 0 bridgehead atoms. The lowest BCUT2D eigenvalue weighted by Gasteiger charge is -2.18. The van der Waals surface area contributed by atoms with Gasteiger partial charge >= 0.3 is 0 Å². The molecular weight excluding hydrogens is 364 g/mol. The Morgan fingerprint density at radius 3 is 1.93 bits per heavy atom. The molecular formula is C28H22N2. The van der Waals surface area contributed by atoms with E-state index in [1.54, 1.807) is 6.20 Å². The molecule has 1 aliphatic carbocycles. The van der Waals surface area contributed by atoms with Crippen LogP contribution in [-0.2, 0) is 0 Å². The molecule has 4 aromatic rings. The van der Waals surface area contributed by atoms with Crippen molar-refractivity contribution < 1.29 is 0 Å². The maximum absolute atomic E-state index is 4.23. The number of pyridine rings is 2. The highest BCUT2D eigenvalue weighted by molar-refractivity contribution is 5.75. The van der Waals surface area contributed by atoms with Crippen molar-refractivity contribution in [1.29, 1.82) is 0 Å². The fraction of sp³-hybridized carbons (Fsp3) is 0.0714. The molecule has 1 atom stereocenters. The number of aromatic nitrogens is 2. The van der Waals surface area contributed by atoms with Gasteiger partial charge in [-0.05, 0) is 57.5 Å². The normalized spacial score (nSPS) is 15.6. The van der Waals surface area contributed by atoms with Gasteiger partial charge in [0.2, 0.25) is 0 Å². The van der Waals surface area contributed by atoms with Crippen LogP contribution in [0.4, 0.5) is 0 Å². The molecule has 2 aromatic carbocycles. The SMILES string of the molecule is C1=CC(c2cccc(-c3ccc(-c4cccnc4)cc3)c2)CC=C1c1cccnc1. The molecule has 0 amide bonds. The van der Waals surface area contributed by atoms with Crippen LogP contribution in [-0.4, -0.2) is 9.97 Å². The highest BCUT2D eigenvalue weighted by atomic mass is 14.6. The second-order valence-electron chi connectivity index (χ2n) is 7.55. The van der Waals surface area contributed by atoms with E-state index in [2.05, 4.69) is 88.9 Å². The van der Waals surface area contributed by atoms with E-state index in [9.17, 15) is 0 Å². The van der Waals surface area contributed by atoms with Crippen LogP contribution in [0.25, 0.3) is 27.8 Å². The van der Waals surface area contributed by atoms with Crippen LogP contribution < -0.4 is 0 Å². The van der Waals surface area contributed by atoms with Crippen molar-refractivity contribution >= 4 is 5.57 Å². The molecule has 0 saturated heterocycles. The Hall–Kier alpha value is -3.78. The summed E-state index contributed by atoms with van der Waals surface area (Å²) < 4.78 is 0. The minimum Gasteiger partial charge on any atom is -0.264 e. The molecule has 1 aliphatic rings. The van der Waals surface area contributed by atoms with Gasteiger partial charge in [-0.25, -0.2) is 0 Å². The summed E-state index contributed by atoms with van der Waals surface area (Å²) in [6, 6.07) is 25.8. The fourth-order valence-corrected chi connectivity index (χ4v) is 3.95. The van der Waals surface area contributed by atoms with E-state index in [1.807, 2.05) is 30.7 Å². The average molecular weight is 386 g/mol. The van der Waals surface area contributed by atoms with Crippen LogP contribution in [0.2, 0.25) is 0 Å². The summed E-state index contributed by atoms with van der Waals surface area (Å²) in [5, 5.41) is 0. The van der Waals surface area contributed by atoms with E-state index < -0.39 is 0 Å². The summed E-state index contributed by atoms with van der Waals surface area (Å²) in [4.78, 5) is 8.44. The van der Waals surface area contributed by atoms with Crippen molar-refractivity contribution in [2.24, 2.45) is 0 Å². The lowest BCUT2D eigenvalue weighted by molar-refractivity contribution is 0.857. The van der Waals surface area contributed by atoms with Gasteiger partial charge in [-0.15, -0.1) is 0 Å². The van der Waals surface area contributed by atoms with Crippen LogP contribution in [0.3, 0.4) is 0 Å². The summed E-state index contributed by atoms with van der Waals surface area (Å²) in [7, 11) is 0. The molecule has 2 aromatic heterocycles. The van der Waals surface area contributed by atoms with E-state index in [1.165, 1.54) is 33.4 Å². The predicted octanol–water partition coefficient (Wildman–Crippen LogP) is 6.94. The van der Waals surface area contributed by atoms with Crippen molar-refractivity contribution in [2.75, 3.05) is 0 Å². The fourth-order valence-electron chi connectivity index (χ4n) is 3.95. The standard InChI is InChI=1S/C28H22N2/c1-4-25(21-8-12-23(13-9-21)27-6-2-16-29-19-27)18-26(5-1)22-10-14-24(15-11-22)28-7-3-17-30-20-28/h1-10,12-20,22H,11H2. The van der Waals surface area contributed by atoms with Crippen molar-refractivity contribution in [3.05, 3.63) is 127 Å². The summed E-state index contributed by atoms with van der Waals surface area (Å²) in [5.74, 6) is 0.403. The summed E-state index contributed by atoms with van der Waals surface area (Å²) in [6.07, 6.45) is 15.3. The monoisotopic (exact) mass is 386 g/mol. The van der Waals surface area contributed by atoms with Gasteiger partial charge in [0.25, 0.3) is 0 Å². The molecule has 2 nitrogen and oxygen atoms in total. The summed E-state index contributed by atoms with van der Waals surface area (Å²) in [6.45, 7) is 0. The van der Waals surface area contributed by atoms with E-state index in [4.69, 9.17) is 0 Å². The molecule has 30 heavy (non-hydrogen) atoms. The Bertz CT molecular complexity index is 1190. The Morgan fingerprint density at radius 1 is 0.633 bits per heavy atom. The lowest BCUT2D eigenvalue weighted by Crippen LogP contribution is -1.99. The topological polar surface area (TPSA) is 25.8 Å². The van der Waals surface area contributed by atoms with Gasteiger partial charge in [0.05, 0.1) is 0 Å². The largest absolute Gasteiger partial charge is 0.264 e. The molecule has 1 unspecified atom stereocenters. The highest BCUT2D eigenvalue weighted by Gasteiger charge is 2.13. The molecule has 0 aliphatic heterocycles. The number of benzene rings is 2. The minimum absolute atomic E-state index is 0.403. The first-order chi connectivity index (χ1) is 14.9. The van der Waals surface area contributed by atoms with Crippen LogP contribution in [0.1, 0.15) is 23.5 Å². The molecule has 0 radical (unpaired) electrons. The van der Waals surface area contributed by atoms with Crippen molar-refractivity contribution in [3.63, 3.8) is 0 Å². The van der Waals surface area contributed by atoms with Gasteiger partial charge in [-0.2, -0.15) is 0 Å². The molecule has 5 rings (SSSR count). The molecule has 144 valence electrons. The third kappa shape index (κ3) is 3.85. The smallest absolute Gasteiger partial charge is 0.0346 e. The first-order valence-electron chi connectivity index (χ1n) is 10.3. The Kier molecular flexibility index (Phi) is 5.05. The molecule has 0 fully saturated rings. The van der Waals surface area contributed by atoms with E-state index >= 15 is 0 Å². The molecule has 2 heterocycles. The van der Waals surface area contributed by atoms with Crippen molar-refractivity contribution in [2.45, 2.75) is 12.3 Å².